The highest BCUT2D eigenvalue weighted by atomic mass is 16.5. The van der Waals surface area contributed by atoms with Crippen LogP contribution in [0.3, 0.4) is 0 Å². The summed E-state index contributed by atoms with van der Waals surface area (Å²) in [6.07, 6.45) is 0.448. The molecule has 0 radical (unpaired) electrons. The van der Waals surface area contributed by atoms with E-state index in [0.29, 0.717) is 17.8 Å². The number of carbonyl (C=O) groups excluding carboxylic acids is 3. The van der Waals surface area contributed by atoms with Gasteiger partial charge in [0.15, 0.2) is 0 Å². The van der Waals surface area contributed by atoms with Crippen molar-refractivity contribution in [1.29, 1.82) is 0 Å². The molecule has 2 N–H and O–H groups in total. The van der Waals surface area contributed by atoms with Gasteiger partial charge in [0.25, 0.3) is 0 Å². The van der Waals surface area contributed by atoms with Crippen molar-refractivity contribution in [3.05, 3.63) is 24.3 Å². The van der Waals surface area contributed by atoms with Crippen LogP contribution in [-0.2, 0) is 14.4 Å². The molecular formula is C11H12N2O4. The summed E-state index contributed by atoms with van der Waals surface area (Å²) in [5.74, 6) is -0.337. The fourth-order valence-corrected chi connectivity index (χ4v) is 1.11. The molecule has 0 unspecified atom stereocenters. The SMILES string of the molecule is CC(=O)Oc1ccc(NC(=O)CNC=O)cc1. The van der Waals surface area contributed by atoms with E-state index in [-0.39, 0.29) is 12.5 Å². The van der Waals surface area contributed by atoms with Crippen LogP contribution in [0.4, 0.5) is 5.69 Å². The first kappa shape index (κ1) is 12.7. The summed E-state index contributed by atoms with van der Waals surface area (Å²) in [4.78, 5) is 31.8. The molecule has 0 aliphatic rings. The zero-order valence-corrected chi connectivity index (χ0v) is 9.23. The molecule has 1 aromatic rings. The minimum absolute atomic E-state index is 0.0881. The maximum absolute atomic E-state index is 11.2. The summed E-state index contributed by atoms with van der Waals surface area (Å²) in [5.41, 5.74) is 0.554. The third-order valence-corrected chi connectivity index (χ3v) is 1.75. The predicted molar refractivity (Wildman–Crippen MR) is 60.4 cm³/mol. The van der Waals surface area contributed by atoms with E-state index in [1.807, 2.05) is 0 Å². The molecule has 6 heteroatoms. The molecule has 0 aliphatic heterocycles. The second-order valence-electron chi connectivity index (χ2n) is 3.16. The largest absolute Gasteiger partial charge is 0.427 e. The second kappa shape index (κ2) is 6.26. The lowest BCUT2D eigenvalue weighted by atomic mass is 10.3. The molecule has 17 heavy (non-hydrogen) atoms. The van der Waals surface area contributed by atoms with E-state index in [1.165, 1.54) is 6.92 Å². The summed E-state index contributed by atoms with van der Waals surface area (Å²) >= 11 is 0. The van der Waals surface area contributed by atoms with Crippen molar-refractivity contribution < 1.29 is 19.1 Å². The lowest BCUT2D eigenvalue weighted by Crippen LogP contribution is -2.26. The van der Waals surface area contributed by atoms with Gasteiger partial charge in [-0.3, -0.25) is 14.4 Å². The number of hydrogen-bond acceptors (Lipinski definition) is 4. The van der Waals surface area contributed by atoms with E-state index in [1.54, 1.807) is 24.3 Å². The Bertz CT molecular complexity index is 414. The van der Waals surface area contributed by atoms with Gasteiger partial charge >= 0.3 is 5.97 Å². The van der Waals surface area contributed by atoms with Gasteiger partial charge < -0.3 is 15.4 Å². The molecule has 1 rings (SSSR count). The van der Waals surface area contributed by atoms with Crippen LogP contribution in [-0.4, -0.2) is 24.8 Å². The monoisotopic (exact) mass is 236 g/mol. The first-order valence-corrected chi connectivity index (χ1v) is 4.87. The summed E-state index contributed by atoms with van der Waals surface area (Å²) < 4.78 is 4.83. The van der Waals surface area contributed by atoms with E-state index in [4.69, 9.17) is 4.74 Å². The summed E-state index contributed by atoms with van der Waals surface area (Å²) in [6, 6.07) is 6.31. The van der Waals surface area contributed by atoms with Crippen LogP contribution in [0.2, 0.25) is 0 Å². The average Bonchev–Trinajstić information content (AvgIpc) is 2.28. The van der Waals surface area contributed by atoms with Crippen molar-refractivity contribution in [2.24, 2.45) is 0 Å². The smallest absolute Gasteiger partial charge is 0.308 e. The highest BCUT2D eigenvalue weighted by Gasteiger charge is 2.02. The number of benzene rings is 1. The third-order valence-electron chi connectivity index (χ3n) is 1.75. The van der Waals surface area contributed by atoms with Crippen LogP contribution in [0, 0.1) is 0 Å². The molecule has 0 spiro atoms. The summed E-state index contributed by atoms with van der Waals surface area (Å²) in [7, 11) is 0. The number of anilines is 1. The van der Waals surface area contributed by atoms with Crippen molar-refractivity contribution in [1.82, 2.24) is 5.32 Å². The Morgan fingerprint density at radius 3 is 2.47 bits per heavy atom. The van der Waals surface area contributed by atoms with Gasteiger partial charge in [0, 0.05) is 12.6 Å². The lowest BCUT2D eigenvalue weighted by Gasteiger charge is -2.05. The van der Waals surface area contributed by atoms with Crippen molar-refractivity contribution >= 4 is 24.0 Å². The summed E-state index contributed by atoms with van der Waals surface area (Å²) in [6.45, 7) is 1.22. The van der Waals surface area contributed by atoms with Gasteiger partial charge in [0.05, 0.1) is 6.54 Å². The number of carbonyl (C=O) groups is 3. The van der Waals surface area contributed by atoms with Gasteiger partial charge in [-0.05, 0) is 24.3 Å². The minimum atomic E-state index is -0.406. The Kier molecular flexibility index (Phi) is 4.68. The first-order valence-electron chi connectivity index (χ1n) is 4.87. The average molecular weight is 236 g/mol. The molecule has 0 atom stereocenters. The molecule has 1 aromatic carbocycles. The van der Waals surface area contributed by atoms with Gasteiger partial charge in [-0.25, -0.2) is 0 Å². The van der Waals surface area contributed by atoms with E-state index in [0.717, 1.165) is 0 Å². The van der Waals surface area contributed by atoms with Crippen molar-refractivity contribution in [3.63, 3.8) is 0 Å². The number of rotatable bonds is 5. The topological polar surface area (TPSA) is 84.5 Å². The van der Waals surface area contributed by atoms with Gasteiger partial charge in [0.1, 0.15) is 5.75 Å². The normalized spacial score (nSPS) is 9.24. The highest BCUT2D eigenvalue weighted by molar-refractivity contribution is 5.93. The predicted octanol–water partition coefficient (Wildman–Crippen LogP) is 0.296. The van der Waals surface area contributed by atoms with E-state index < -0.39 is 5.97 Å². The van der Waals surface area contributed by atoms with Gasteiger partial charge in [-0.15, -0.1) is 0 Å². The molecule has 0 saturated heterocycles. The van der Waals surface area contributed by atoms with E-state index in [9.17, 15) is 14.4 Å². The summed E-state index contributed by atoms with van der Waals surface area (Å²) in [5, 5.41) is 4.80. The fourth-order valence-electron chi connectivity index (χ4n) is 1.11. The van der Waals surface area contributed by atoms with Gasteiger partial charge in [0.2, 0.25) is 12.3 Å². The van der Waals surface area contributed by atoms with Crippen LogP contribution < -0.4 is 15.4 Å². The molecule has 6 nitrogen and oxygen atoms in total. The third kappa shape index (κ3) is 4.78. The van der Waals surface area contributed by atoms with Gasteiger partial charge in [-0.1, -0.05) is 0 Å². The number of hydrogen-bond donors (Lipinski definition) is 2. The Hall–Kier alpha value is -2.37. The molecule has 0 aromatic heterocycles. The molecule has 0 aliphatic carbocycles. The second-order valence-corrected chi connectivity index (χ2v) is 3.16. The molecule has 90 valence electrons. The van der Waals surface area contributed by atoms with Crippen molar-refractivity contribution in [2.45, 2.75) is 6.92 Å². The molecular weight excluding hydrogens is 224 g/mol. The maximum Gasteiger partial charge on any atom is 0.308 e. The van der Waals surface area contributed by atoms with Crippen LogP contribution in [0.1, 0.15) is 6.92 Å². The van der Waals surface area contributed by atoms with Crippen LogP contribution in [0.15, 0.2) is 24.3 Å². The fraction of sp³-hybridized carbons (Fsp3) is 0.182. The Morgan fingerprint density at radius 1 is 1.29 bits per heavy atom. The zero-order chi connectivity index (χ0) is 12.7. The number of nitrogens with one attached hydrogen (secondary N) is 2. The van der Waals surface area contributed by atoms with Crippen LogP contribution in [0.25, 0.3) is 0 Å². The highest BCUT2D eigenvalue weighted by Crippen LogP contribution is 2.15. The number of ether oxygens (including phenoxy) is 1. The van der Waals surface area contributed by atoms with Crippen LogP contribution in [0.5, 0.6) is 5.75 Å². The zero-order valence-electron chi connectivity index (χ0n) is 9.23. The molecule has 2 amide bonds. The Labute approximate surface area is 98.0 Å². The maximum atomic E-state index is 11.2. The molecule has 0 bridgehead atoms. The number of esters is 1. The molecule has 0 fully saturated rings. The quantitative estimate of drug-likeness (QED) is 0.437. The van der Waals surface area contributed by atoms with E-state index in [2.05, 4.69) is 10.6 Å². The number of amides is 2. The molecule has 0 heterocycles. The van der Waals surface area contributed by atoms with E-state index >= 15 is 0 Å². The van der Waals surface area contributed by atoms with Crippen LogP contribution >= 0.6 is 0 Å². The minimum Gasteiger partial charge on any atom is -0.427 e. The molecule has 0 saturated carbocycles. The van der Waals surface area contributed by atoms with Crippen molar-refractivity contribution in [3.8, 4) is 5.75 Å². The Morgan fingerprint density at radius 2 is 1.94 bits per heavy atom. The first-order chi connectivity index (χ1) is 8.11. The van der Waals surface area contributed by atoms with Gasteiger partial charge in [-0.2, -0.15) is 0 Å². The Balaban J connectivity index is 2.53. The lowest BCUT2D eigenvalue weighted by molar-refractivity contribution is -0.131. The van der Waals surface area contributed by atoms with Crippen molar-refractivity contribution in [2.75, 3.05) is 11.9 Å². The standard InChI is InChI=1S/C11H12N2O4/c1-8(15)17-10-4-2-9(3-5-10)13-11(16)6-12-7-14/h2-5,7H,6H2,1H3,(H,12,14)(H,13,16).